The topological polar surface area (TPSA) is 49.4 Å². The maximum Gasteiger partial charge on any atom is 0.236 e. The predicted molar refractivity (Wildman–Crippen MR) is 117 cm³/mol. The molecule has 4 heteroatoms. The van der Waals surface area contributed by atoms with E-state index in [4.69, 9.17) is 0 Å². The van der Waals surface area contributed by atoms with E-state index in [1.54, 1.807) is 4.90 Å². The molecule has 0 aliphatic carbocycles. The van der Waals surface area contributed by atoms with Gasteiger partial charge in [-0.15, -0.1) is 0 Å². The van der Waals surface area contributed by atoms with Crippen LogP contribution in [0.25, 0.3) is 0 Å². The van der Waals surface area contributed by atoms with E-state index in [0.717, 1.165) is 22.5 Å². The summed E-state index contributed by atoms with van der Waals surface area (Å²) in [7, 11) is 0. The Morgan fingerprint density at radius 3 is 1.82 bits per heavy atom. The highest BCUT2D eigenvalue weighted by atomic mass is 16.2. The SMILES string of the molecule is CC(C)c1cccc(C(C)C)c1NC(=O)CC(=O)N(c1ccccc1)C(C)C. The van der Waals surface area contributed by atoms with Crippen LogP contribution in [0, 0.1) is 0 Å². The Kier molecular flexibility index (Phi) is 7.38. The number of carbonyl (C=O) groups excluding carboxylic acids is 2. The standard InChI is InChI=1S/C24H32N2O2/c1-16(2)20-13-10-14-21(17(3)4)24(20)25-22(27)15-23(28)26(18(5)6)19-11-8-7-9-12-19/h7-14,16-18H,15H2,1-6H3,(H,25,27). The summed E-state index contributed by atoms with van der Waals surface area (Å²) in [5.41, 5.74) is 3.84. The summed E-state index contributed by atoms with van der Waals surface area (Å²) in [6, 6.07) is 15.6. The summed E-state index contributed by atoms with van der Waals surface area (Å²) >= 11 is 0. The summed E-state index contributed by atoms with van der Waals surface area (Å²) in [6.45, 7) is 12.3. The molecule has 0 saturated carbocycles. The maximum absolute atomic E-state index is 12.9. The van der Waals surface area contributed by atoms with E-state index < -0.39 is 0 Å². The number of carbonyl (C=O) groups is 2. The first-order valence-electron chi connectivity index (χ1n) is 10.0. The highest BCUT2D eigenvalue weighted by Gasteiger charge is 2.23. The zero-order valence-electron chi connectivity index (χ0n) is 17.8. The molecule has 2 amide bonds. The molecule has 1 N–H and O–H groups in total. The van der Waals surface area contributed by atoms with E-state index in [1.807, 2.05) is 62.4 Å². The van der Waals surface area contributed by atoms with E-state index in [1.165, 1.54) is 0 Å². The van der Waals surface area contributed by atoms with Crippen LogP contribution in [0.15, 0.2) is 48.5 Å². The molecule has 28 heavy (non-hydrogen) atoms. The lowest BCUT2D eigenvalue weighted by Crippen LogP contribution is -2.39. The van der Waals surface area contributed by atoms with Gasteiger partial charge in [-0.1, -0.05) is 64.1 Å². The predicted octanol–water partition coefficient (Wildman–Crippen LogP) is 5.70. The van der Waals surface area contributed by atoms with Crippen molar-refractivity contribution in [2.45, 2.75) is 65.8 Å². The van der Waals surface area contributed by atoms with E-state index in [0.29, 0.717) is 0 Å². The molecular weight excluding hydrogens is 348 g/mol. The molecule has 2 rings (SSSR count). The number of anilines is 2. The first kappa shape index (κ1) is 21.7. The van der Waals surface area contributed by atoms with Crippen molar-refractivity contribution in [1.29, 1.82) is 0 Å². The number of benzene rings is 2. The van der Waals surface area contributed by atoms with Crippen molar-refractivity contribution in [2.24, 2.45) is 0 Å². The van der Waals surface area contributed by atoms with Gasteiger partial charge in [0.15, 0.2) is 0 Å². The lowest BCUT2D eigenvalue weighted by Gasteiger charge is -2.27. The summed E-state index contributed by atoms with van der Waals surface area (Å²) in [5, 5.41) is 3.03. The zero-order chi connectivity index (χ0) is 20.8. The van der Waals surface area contributed by atoms with Crippen LogP contribution in [-0.4, -0.2) is 17.9 Å². The molecule has 0 aromatic heterocycles. The number of para-hydroxylation sites is 2. The number of hydrogen-bond donors (Lipinski definition) is 1. The molecule has 0 unspecified atom stereocenters. The zero-order valence-corrected chi connectivity index (χ0v) is 17.8. The number of amides is 2. The molecule has 0 fully saturated rings. The van der Waals surface area contributed by atoms with E-state index in [2.05, 4.69) is 33.0 Å². The quantitative estimate of drug-likeness (QED) is 0.626. The Morgan fingerprint density at radius 2 is 1.36 bits per heavy atom. The van der Waals surface area contributed by atoms with Crippen LogP contribution in [0.2, 0.25) is 0 Å². The fourth-order valence-electron chi connectivity index (χ4n) is 3.42. The Labute approximate surface area is 169 Å². The van der Waals surface area contributed by atoms with Crippen molar-refractivity contribution in [3.63, 3.8) is 0 Å². The number of nitrogens with zero attached hydrogens (tertiary/aromatic N) is 1. The van der Waals surface area contributed by atoms with Crippen LogP contribution in [0.5, 0.6) is 0 Å². The van der Waals surface area contributed by atoms with Gasteiger partial charge in [0.1, 0.15) is 6.42 Å². The molecule has 2 aromatic carbocycles. The van der Waals surface area contributed by atoms with Gasteiger partial charge in [0, 0.05) is 17.4 Å². The normalized spacial score (nSPS) is 11.2. The lowest BCUT2D eigenvalue weighted by molar-refractivity contribution is -0.125. The lowest BCUT2D eigenvalue weighted by atomic mass is 9.92. The Balaban J connectivity index is 2.23. The molecule has 0 bridgehead atoms. The summed E-state index contributed by atoms with van der Waals surface area (Å²) in [4.78, 5) is 27.3. The molecule has 0 heterocycles. The first-order chi connectivity index (χ1) is 13.2. The summed E-state index contributed by atoms with van der Waals surface area (Å²) < 4.78 is 0. The second-order valence-corrected chi connectivity index (χ2v) is 8.04. The van der Waals surface area contributed by atoms with Gasteiger partial charge in [-0.25, -0.2) is 0 Å². The van der Waals surface area contributed by atoms with Gasteiger partial charge in [0.25, 0.3) is 0 Å². The van der Waals surface area contributed by atoms with E-state index in [-0.39, 0.29) is 36.1 Å². The second-order valence-electron chi connectivity index (χ2n) is 8.04. The fraction of sp³-hybridized carbons (Fsp3) is 0.417. The molecule has 0 spiro atoms. The van der Waals surface area contributed by atoms with Gasteiger partial charge in [-0.3, -0.25) is 9.59 Å². The Bertz CT molecular complexity index is 784. The Hall–Kier alpha value is -2.62. The van der Waals surface area contributed by atoms with Crippen LogP contribution in [0.1, 0.15) is 70.9 Å². The summed E-state index contributed by atoms with van der Waals surface area (Å²) in [5.74, 6) is 0.0794. The third kappa shape index (κ3) is 5.22. The maximum atomic E-state index is 12.9. The van der Waals surface area contributed by atoms with Gasteiger partial charge in [-0.05, 0) is 48.9 Å². The average Bonchev–Trinajstić information content (AvgIpc) is 2.61. The van der Waals surface area contributed by atoms with Crippen LogP contribution in [-0.2, 0) is 9.59 Å². The molecular formula is C24H32N2O2. The molecule has 0 atom stereocenters. The minimum atomic E-state index is -0.276. The highest BCUT2D eigenvalue weighted by molar-refractivity contribution is 6.09. The second kappa shape index (κ2) is 9.54. The number of hydrogen-bond acceptors (Lipinski definition) is 2. The minimum Gasteiger partial charge on any atom is -0.325 e. The largest absolute Gasteiger partial charge is 0.325 e. The van der Waals surface area contributed by atoms with Gasteiger partial charge >= 0.3 is 0 Å². The van der Waals surface area contributed by atoms with E-state index >= 15 is 0 Å². The fourth-order valence-corrected chi connectivity index (χ4v) is 3.42. The van der Waals surface area contributed by atoms with Crippen molar-refractivity contribution >= 4 is 23.2 Å². The monoisotopic (exact) mass is 380 g/mol. The van der Waals surface area contributed by atoms with Gasteiger partial charge in [0.05, 0.1) is 0 Å². The van der Waals surface area contributed by atoms with Gasteiger partial charge in [-0.2, -0.15) is 0 Å². The van der Waals surface area contributed by atoms with Crippen LogP contribution in [0.4, 0.5) is 11.4 Å². The Morgan fingerprint density at radius 1 is 0.821 bits per heavy atom. The highest BCUT2D eigenvalue weighted by Crippen LogP contribution is 2.32. The molecule has 0 aliphatic heterocycles. The molecule has 0 aliphatic rings. The van der Waals surface area contributed by atoms with E-state index in [9.17, 15) is 9.59 Å². The molecule has 0 radical (unpaired) electrons. The number of nitrogens with one attached hydrogen (secondary N) is 1. The molecule has 150 valence electrons. The third-order valence-corrected chi connectivity index (χ3v) is 4.77. The van der Waals surface area contributed by atoms with Crippen LogP contribution in [0.3, 0.4) is 0 Å². The van der Waals surface area contributed by atoms with Crippen molar-refractivity contribution in [1.82, 2.24) is 0 Å². The molecule has 0 saturated heterocycles. The van der Waals surface area contributed by atoms with Gasteiger partial charge < -0.3 is 10.2 Å². The first-order valence-corrected chi connectivity index (χ1v) is 10.0. The van der Waals surface area contributed by atoms with Crippen LogP contribution >= 0.6 is 0 Å². The number of rotatable bonds is 7. The third-order valence-electron chi connectivity index (χ3n) is 4.77. The average molecular weight is 381 g/mol. The molecule has 4 nitrogen and oxygen atoms in total. The van der Waals surface area contributed by atoms with Crippen molar-refractivity contribution in [3.05, 3.63) is 59.7 Å². The smallest absolute Gasteiger partial charge is 0.236 e. The van der Waals surface area contributed by atoms with Crippen molar-refractivity contribution in [3.8, 4) is 0 Å². The van der Waals surface area contributed by atoms with Gasteiger partial charge in [0.2, 0.25) is 11.8 Å². The minimum absolute atomic E-state index is 0.0307. The summed E-state index contributed by atoms with van der Waals surface area (Å²) in [6.07, 6.45) is -0.183. The molecule has 2 aromatic rings. The van der Waals surface area contributed by atoms with Crippen molar-refractivity contribution in [2.75, 3.05) is 10.2 Å². The van der Waals surface area contributed by atoms with Crippen LogP contribution < -0.4 is 10.2 Å². The van der Waals surface area contributed by atoms with Crippen molar-refractivity contribution < 1.29 is 9.59 Å².